The Morgan fingerprint density at radius 2 is 2.05 bits per heavy atom. The van der Waals surface area contributed by atoms with Crippen molar-refractivity contribution < 1.29 is 4.79 Å². The van der Waals surface area contributed by atoms with Gasteiger partial charge in [0.15, 0.2) is 11.4 Å². The van der Waals surface area contributed by atoms with Crippen molar-refractivity contribution in [2.45, 2.75) is 52.4 Å². The topological polar surface area (TPSA) is 33.2 Å². The summed E-state index contributed by atoms with van der Waals surface area (Å²) in [6, 6.07) is 0. The zero-order valence-electron chi connectivity index (χ0n) is 12.2. The molecule has 1 heterocycles. The van der Waals surface area contributed by atoms with Crippen LogP contribution < -0.4 is 4.90 Å². The third-order valence-corrected chi connectivity index (χ3v) is 5.08. The molecule has 0 amide bonds. The summed E-state index contributed by atoms with van der Waals surface area (Å²) in [5, 5.41) is 1.04. The molecule has 19 heavy (non-hydrogen) atoms. The lowest BCUT2D eigenvalue weighted by Gasteiger charge is -2.24. The summed E-state index contributed by atoms with van der Waals surface area (Å²) in [5.74, 6) is 1.27. The predicted octanol–water partition coefficient (Wildman–Crippen LogP) is 4.10. The third kappa shape index (κ3) is 3.35. The third-order valence-electron chi connectivity index (χ3n) is 4.03. The van der Waals surface area contributed by atoms with Gasteiger partial charge in [0.1, 0.15) is 0 Å². The van der Waals surface area contributed by atoms with Gasteiger partial charge in [-0.3, -0.25) is 4.79 Å². The molecule has 0 aliphatic heterocycles. The summed E-state index contributed by atoms with van der Waals surface area (Å²) in [7, 11) is 0. The minimum absolute atomic E-state index is 0.553. The highest BCUT2D eigenvalue weighted by atomic mass is 32.1. The number of hydrogen-bond donors (Lipinski definition) is 0. The predicted molar refractivity (Wildman–Crippen MR) is 81.4 cm³/mol. The normalized spacial score (nSPS) is 14.9. The molecule has 1 fully saturated rings. The lowest BCUT2D eigenvalue weighted by Crippen LogP contribution is -2.28. The molecule has 4 heteroatoms. The van der Waals surface area contributed by atoms with Crippen LogP contribution in [0.2, 0.25) is 0 Å². The maximum atomic E-state index is 11.2. The van der Waals surface area contributed by atoms with E-state index in [0.29, 0.717) is 11.8 Å². The molecule has 0 aromatic carbocycles. The fourth-order valence-corrected chi connectivity index (χ4v) is 3.44. The van der Waals surface area contributed by atoms with E-state index in [4.69, 9.17) is 4.98 Å². The molecule has 0 radical (unpaired) electrons. The van der Waals surface area contributed by atoms with E-state index in [9.17, 15) is 4.79 Å². The van der Waals surface area contributed by atoms with Gasteiger partial charge in [-0.05, 0) is 25.7 Å². The number of aldehydes is 1. The number of nitrogens with zero attached hydrogens (tertiary/aromatic N) is 2. The number of carbonyl (C=O) groups is 1. The lowest BCUT2D eigenvalue weighted by molar-refractivity contribution is 0.112. The van der Waals surface area contributed by atoms with Crippen LogP contribution in [0.25, 0.3) is 0 Å². The van der Waals surface area contributed by atoms with E-state index in [1.54, 1.807) is 11.3 Å². The van der Waals surface area contributed by atoms with Crippen molar-refractivity contribution in [1.82, 2.24) is 4.98 Å². The molecular formula is C15H24N2OS. The molecule has 0 bridgehead atoms. The number of thiazole rings is 1. The quantitative estimate of drug-likeness (QED) is 0.672. The average Bonchev–Trinajstić information content (AvgIpc) is 3.20. The average molecular weight is 280 g/mol. The van der Waals surface area contributed by atoms with Crippen molar-refractivity contribution in [3.8, 4) is 0 Å². The SMILES string of the molecule is CCC(CC)CN(CC)c1nc(C2CC2)c(C=O)s1. The van der Waals surface area contributed by atoms with E-state index in [1.807, 2.05) is 0 Å². The summed E-state index contributed by atoms with van der Waals surface area (Å²) in [4.78, 5) is 19.1. The summed E-state index contributed by atoms with van der Waals surface area (Å²) >= 11 is 1.57. The Labute approximate surface area is 120 Å². The van der Waals surface area contributed by atoms with Crippen LogP contribution >= 0.6 is 11.3 Å². The maximum absolute atomic E-state index is 11.2. The molecule has 106 valence electrons. The van der Waals surface area contributed by atoms with Crippen LogP contribution in [0, 0.1) is 5.92 Å². The van der Waals surface area contributed by atoms with Crippen LogP contribution in [0.15, 0.2) is 0 Å². The molecule has 1 aromatic rings. The molecule has 0 unspecified atom stereocenters. The minimum Gasteiger partial charge on any atom is -0.348 e. The number of carbonyl (C=O) groups excluding carboxylic acids is 1. The fourth-order valence-electron chi connectivity index (χ4n) is 2.40. The highest BCUT2D eigenvalue weighted by Crippen LogP contribution is 2.43. The van der Waals surface area contributed by atoms with E-state index >= 15 is 0 Å². The van der Waals surface area contributed by atoms with E-state index in [2.05, 4.69) is 25.7 Å². The van der Waals surface area contributed by atoms with Gasteiger partial charge in [0.05, 0.1) is 10.6 Å². The van der Waals surface area contributed by atoms with Gasteiger partial charge in [0, 0.05) is 19.0 Å². The first-order valence-electron chi connectivity index (χ1n) is 7.44. The zero-order valence-corrected chi connectivity index (χ0v) is 13.0. The summed E-state index contributed by atoms with van der Waals surface area (Å²) in [6.07, 6.45) is 5.79. The largest absolute Gasteiger partial charge is 0.348 e. The van der Waals surface area contributed by atoms with Crippen LogP contribution in [0.5, 0.6) is 0 Å². The fraction of sp³-hybridized carbons (Fsp3) is 0.733. The van der Waals surface area contributed by atoms with Crippen LogP contribution in [0.1, 0.15) is 67.7 Å². The zero-order chi connectivity index (χ0) is 13.8. The van der Waals surface area contributed by atoms with Gasteiger partial charge in [0.2, 0.25) is 0 Å². The molecule has 1 aliphatic rings. The first-order chi connectivity index (χ1) is 9.23. The highest BCUT2D eigenvalue weighted by molar-refractivity contribution is 7.17. The summed E-state index contributed by atoms with van der Waals surface area (Å²) < 4.78 is 0. The highest BCUT2D eigenvalue weighted by Gasteiger charge is 2.30. The van der Waals surface area contributed by atoms with Crippen LogP contribution in [0.4, 0.5) is 5.13 Å². The molecule has 3 nitrogen and oxygen atoms in total. The number of hydrogen-bond acceptors (Lipinski definition) is 4. The van der Waals surface area contributed by atoms with Crippen molar-refractivity contribution in [3.05, 3.63) is 10.6 Å². The molecule has 2 rings (SSSR count). The van der Waals surface area contributed by atoms with Gasteiger partial charge in [-0.1, -0.05) is 38.0 Å². The molecule has 0 spiro atoms. The first-order valence-corrected chi connectivity index (χ1v) is 8.25. The van der Waals surface area contributed by atoms with E-state index in [0.717, 1.165) is 35.1 Å². The van der Waals surface area contributed by atoms with Crippen molar-refractivity contribution >= 4 is 22.8 Å². The van der Waals surface area contributed by atoms with E-state index in [1.165, 1.54) is 25.7 Å². The maximum Gasteiger partial charge on any atom is 0.186 e. The Kier molecular flexibility index (Phi) is 4.97. The Morgan fingerprint density at radius 1 is 1.37 bits per heavy atom. The van der Waals surface area contributed by atoms with Gasteiger partial charge in [0.25, 0.3) is 0 Å². The Hall–Kier alpha value is -0.900. The van der Waals surface area contributed by atoms with Gasteiger partial charge >= 0.3 is 0 Å². The second-order valence-corrected chi connectivity index (χ2v) is 6.37. The first kappa shape index (κ1) is 14.5. The van der Waals surface area contributed by atoms with Gasteiger partial charge < -0.3 is 4.90 Å². The van der Waals surface area contributed by atoms with E-state index in [-0.39, 0.29) is 0 Å². The number of aromatic nitrogens is 1. The van der Waals surface area contributed by atoms with Crippen LogP contribution in [0.3, 0.4) is 0 Å². The second kappa shape index (κ2) is 6.51. The van der Waals surface area contributed by atoms with Crippen molar-refractivity contribution in [2.24, 2.45) is 5.92 Å². The summed E-state index contributed by atoms with van der Waals surface area (Å²) in [6.45, 7) is 8.68. The Morgan fingerprint density at radius 3 is 2.53 bits per heavy atom. The molecule has 0 saturated heterocycles. The molecule has 1 aromatic heterocycles. The van der Waals surface area contributed by atoms with Crippen LogP contribution in [-0.4, -0.2) is 24.4 Å². The summed E-state index contributed by atoms with van der Waals surface area (Å²) in [5.41, 5.74) is 1.05. The monoisotopic (exact) mass is 280 g/mol. The molecule has 1 saturated carbocycles. The van der Waals surface area contributed by atoms with E-state index < -0.39 is 0 Å². The lowest BCUT2D eigenvalue weighted by atomic mass is 10.0. The van der Waals surface area contributed by atoms with Crippen LogP contribution in [-0.2, 0) is 0 Å². The Bertz CT molecular complexity index is 422. The molecule has 1 aliphatic carbocycles. The van der Waals surface area contributed by atoms with Crippen molar-refractivity contribution in [2.75, 3.05) is 18.0 Å². The van der Waals surface area contributed by atoms with Gasteiger partial charge in [-0.25, -0.2) is 4.98 Å². The van der Waals surface area contributed by atoms with Gasteiger partial charge in [-0.15, -0.1) is 0 Å². The number of anilines is 1. The van der Waals surface area contributed by atoms with Crippen molar-refractivity contribution in [3.63, 3.8) is 0 Å². The smallest absolute Gasteiger partial charge is 0.186 e. The number of rotatable bonds is 8. The molecule has 0 N–H and O–H groups in total. The Balaban J connectivity index is 2.15. The molecular weight excluding hydrogens is 256 g/mol. The van der Waals surface area contributed by atoms with Gasteiger partial charge in [-0.2, -0.15) is 0 Å². The molecule has 0 atom stereocenters. The van der Waals surface area contributed by atoms with Crippen molar-refractivity contribution in [1.29, 1.82) is 0 Å². The minimum atomic E-state index is 0.553. The standard InChI is InChI=1S/C15H24N2OS/c1-4-11(5-2)9-17(6-3)15-16-14(12-7-8-12)13(10-18)19-15/h10-12H,4-9H2,1-3H3. The second-order valence-electron chi connectivity index (χ2n) is 5.36.